The van der Waals surface area contributed by atoms with E-state index in [1.807, 2.05) is 30.3 Å². The first-order chi connectivity index (χ1) is 13.0. The second-order valence-electron chi connectivity index (χ2n) is 6.50. The zero-order chi connectivity index (χ0) is 19.4. The summed E-state index contributed by atoms with van der Waals surface area (Å²) in [5, 5.41) is 5.82. The number of rotatable bonds is 5. The Bertz CT molecular complexity index is 867. The van der Waals surface area contributed by atoms with Crippen LogP contribution in [0, 0.1) is 5.82 Å². The Labute approximate surface area is 158 Å². The molecule has 0 unspecified atom stereocenters. The normalized spacial score (nSPS) is 16.2. The van der Waals surface area contributed by atoms with Crippen molar-refractivity contribution in [1.82, 2.24) is 9.91 Å². The summed E-state index contributed by atoms with van der Waals surface area (Å²) < 4.78 is 14.2. The number of benzene rings is 2. The van der Waals surface area contributed by atoms with Gasteiger partial charge in [-0.25, -0.2) is 9.40 Å². The van der Waals surface area contributed by atoms with Crippen molar-refractivity contribution in [2.75, 3.05) is 13.6 Å². The molecule has 1 aliphatic rings. The van der Waals surface area contributed by atoms with Gasteiger partial charge in [0.1, 0.15) is 12.4 Å². The molecule has 0 N–H and O–H groups in total. The number of nitrogens with zero attached hydrogens (tertiary/aromatic N) is 3. The molecule has 0 aromatic heterocycles. The van der Waals surface area contributed by atoms with E-state index in [1.54, 1.807) is 32.2 Å². The second kappa shape index (κ2) is 8.12. The van der Waals surface area contributed by atoms with E-state index in [2.05, 4.69) is 5.10 Å². The average molecular weight is 367 g/mol. The molecule has 1 heterocycles. The molecule has 1 aliphatic heterocycles. The molecule has 140 valence electrons. The third-order valence-corrected chi connectivity index (χ3v) is 4.64. The zero-order valence-electron chi connectivity index (χ0n) is 15.4. The van der Waals surface area contributed by atoms with Crippen LogP contribution in [0.2, 0.25) is 0 Å². The third kappa shape index (κ3) is 4.05. The highest BCUT2D eigenvalue weighted by Gasteiger charge is 2.34. The summed E-state index contributed by atoms with van der Waals surface area (Å²) in [7, 11) is 1.60. The molecule has 27 heavy (non-hydrogen) atoms. The van der Waals surface area contributed by atoms with Crippen molar-refractivity contribution in [3.8, 4) is 0 Å². The van der Waals surface area contributed by atoms with Gasteiger partial charge < -0.3 is 4.90 Å². The minimum atomic E-state index is -0.365. The van der Waals surface area contributed by atoms with E-state index < -0.39 is 0 Å². The topological polar surface area (TPSA) is 53.0 Å². The van der Waals surface area contributed by atoms with Gasteiger partial charge in [0.05, 0.1) is 11.8 Å². The Morgan fingerprint density at radius 2 is 1.81 bits per heavy atom. The van der Waals surface area contributed by atoms with Gasteiger partial charge in [-0.3, -0.25) is 9.59 Å². The summed E-state index contributed by atoms with van der Waals surface area (Å²) in [5.74, 6) is -0.771. The maximum atomic E-state index is 14.2. The lowest BCUT2D eigenvalue weighted by atomic mass is 9.98. The van der Waals surface area contributed by atoms with Gasteiger partial charge in [-0.15, -0.1) is 0 Å². The van der Waals surface area contributed by atoms with Crippen molar-refractivity contribution in [3.63, 3.8) is 0 Å². The number of halogens is 1. The molecule has 3 rings (SSSR count). The van der Waals surface area contributed by atoms with Crippen molar-refractivity contribution in [2.24, 2.45) is 5.10 Å². The van der Waals surface area contributed by atoms with Gasteiger partial charge in [0.2, 0.25) is 5.91 Å². The summed E-state index contributed by atoms with van der Waals surface area (Å²) in [4.78, 5) is 26.1. The van der Waals surface area contributed by atoms with Gasteiger partial charge in [-0.05, 0) is 11.6 Å². The van der Waals surface area contributed by atoms with Crippen molar-refractivity contribution >= 4 is 17.5 Å². The molecule has 1 atom stereocenters. The molecule has 0 saturated heterocycles. The second-order valence-corrected chi connectivity index (χ2v) is 6.50. The molecule has 5 nitrogen and oxygen atoms in total. The highest BCUT2D eigenvalue weighted by Crippen LogP contribution is 2.33. The van der Waals surface area contributed by atoms with Gasteiger partial charge in [-0.1, -0.05) is 55.5 Å². The summed E-state index contributed by atoms with van der Waals surface area (Å²) in [5.41, 5.74) is 1.84. The Morgan fingerprint density at radius 1 is 1.15 bits per heavy atom. The van der Waals surface area contributed by atoms with Crippen LogP contribution in [0.25, 0.3) is 0 Å². The van der Waals surface area contributed by atoms with E-state index in [1.165, 1.54) is 16.0 Å². The lowest BCUT2D eigenvalue weighted by Crippen LogP contribution is -2.38. The largest absolute Gasteiger partial charge is 0.336 e. The lowest BCUT2D eigenvalue weighted by Gasteiger charge is -2.24. The van der Waals surface area contributed by atoms with E-state index in [4.69, 9.17) is 0 Å². The third-order valence-electron chi connectivity index (χ3n) is 4.64. The minimum Gasteiger partial charge on any atom is -0.336 e. The molecule has 0 aliphatic carbocycles. The summed E-state index contributed by atoms with van der Waals surface area (Å²) in [6.45, 7) is 1.68. The molecule has 0 fully saturated rings. The highest BCUT2D eigenvalue weighted by atomic mass is 19.1. The maximum Gasteiger partial charge on any atom is 0.262 e. The minimum absolute atomic E-state index is 0.0654. The monoisotopic (exact) mass is 367 g/mol. The fraction of sp³-hybridized carbons (Fsp3) is 0.286. The number of carbonyl (C=O) groups excluding carboxylic acids is 2. The van der Waals surface area contributed by atoms with Crippen molar-refractivity contribution < 1.29 is 14.0 Å². The van der Waals surface area contributed by atoms with Gasteiger partial charge in [-0.2, -0.15) is 5.10 Å². The quantitative estimate of drug-likeness (QED) is 0.814. The van der Waals surface area contributed by atoms with E-state index >= 15 is 0 Å². The number of carbonyl (C=O) groups is 2. The first-order valence-corrected chi connectivity index (χ1v) is 8.94. The molecular formula is C21H22FN3O2. The molecule has 0 spiro atoms. The highest BCUT2D eigenvalue weighted by molar-refractivity contribution is 6.03. The summed E-state index contributed by atoms with van der Waals surface area (Å²) >= 11 is 0. The number of hydrazone groups is 1. The molecule has 2 aromatic carbocycles. The number of likely N-dealkylation sites (N-methyl/N-ethyl adjacent to an activating group) is 1. The van der Waals surface area contributed by atoms with Crippen LogP contribution in [0.5, 0.6) is 0 Å². The lowest BCUT2D eigenvalue weighted by molar-refractivity contribution is -0.140. The van der Waals surface area contributed by atoms with E-state index in [0.29, 0.717) is 24.1 Å². The zero-order valence-corrected chi connectivity index (χ0v) is 15.4. The van der Waals surface area contributed by atoms with Gasteiger partial charge >= 0.3 is 0 Å². The molecule has 2 aromatic rings. The van der Waals surface area contributed by atoms with Crippen LogP contribution < -0.4 is 0 Å². The smallest absolute Gasteiger partial charge is 0.262 e. The van der Waals surface area contributed by atoms with Gasteiger partial charge in [0, 0.05) is 25.5 Å². The Kier molecular flexibility index (Phi) is 5.64. The van der Waals surface area contributed by atoms with Gasteiger partial charge in [0.25, 0.3) is 5.91 Å². The van der Waals surface area contributed by atoms with Crippen LogP contribution >= 0.6 is 0 Å². The van der Waals surface area contributed by atoms with Crippen LogP contribution in [0.4, 0.5) is 4.39 Å². The fourth-order valence-corrected chi connectivity index (χ4v) is 3.17. The molecule has 0 saturated carbocycles. The molecular weight excluding hydrogens is 345 g/mol. The number of amides is 2. The Hall–Kier alpha value is -3.02. The van der Waals surface area contributed by atoms with Crippen molar-refractivity contribution in [1.29, 1.82) is 0 Å². The Morgan fingerprint density at radius 3 is 2.48 bits per heavy atom. The SMILES string of the molecule is CCC(=O)N(C)CC(=O)N1N=C(c2ccccc2F)C[C@@H]1c1ccccc1. The van der Waals surface area contributed by atoms with Crippen LogP contribution in [0.3, 0.4) is 0 Å². The van der Waals surface area contributed by atoms with Crippen LogP contribution in [-0.4, -0.2) is 41.0 Å². The molecule has 0 radical (unpaired) electrons. The standard InChI is InChI=1S/C21H22FN3O2/c1-3-20(26)24(2)14-21(27)25-19(15-9-5-4-6-10-15)13-18(23-25)16-11-7-8-12-17(16)22/h4-12,19H,3,13-14H2,1-2H3/t19-/m1/s1. The van der Waals surface area contributed by atoms with E-state index in [-0.39, 0.29) is 30.2 Å². The molecule has 6 heteroatoms. The summed E-state index contributed by atoms with van der Waals surface area (Å²) in [6, 6.07) is 15.6. The first-order valence-electron chi connectivity index (χ1n) is 8.94. The maximum absolute atomic E-state index is 14.2. The van der Waals surface area contributed by atoms with Crippen molar-refractivity contribution in [3.05, 3.63) is 71.5 Å². The van der Waals surface area contributed by atoms with E-state index in [9.17, 15) is 14.0 Å². The van der Waals surface area contributed by atoms with Gasteiger partial charge in [0.15, 0.2) is 0 Å². The number of hydrogen-bond acceptors (Lipinski definition) is 3. The fourth-order valence-electron chi connectivity index (χ4n) is 3.17. The number of hydrogen-bond donors (Lipinski definition) is 0. The van der Waals surface area contributed by atoms with Crippen LogP contribution in [0.1, 0.15) is 36.9 Å². The van der Waals surface area contributed by atoms with E-state index in [0.717, 1.165) is 5.56 Å². The van der Waals surface area contributed by atoms with Crippen LogP contribution in [0.15, 0.2) is 59.7 Å². The van der Waals surface area contributed by atoms with Crippen LogP contribution in [-0.2, 0) is 9.59 Å². The molecule has 0 bridgehead atoms. The first kappa shape index (κ1) is 18.8. The summed E-state index contributed by atoms with van der Waals surface area (Å²) in [6.07, 6.45) is 0.748. The predicted molar refractivity (Wildman–Crippen MR) is 102 cm³/mol. The van der Waals surface area contributed by atoms with Crippen molar-refractivity contribution in [2.45, 2.75) is 25.8 Å². The average Bonchev–Trinajstić information content (AvgIpc) is 3.13. The molecule has 2 amide bonds. The predicted octanol–water partition coefficient (Wildman–Crippen LogP) is 3.37. The Balaban J connectivity index is 1.91.